The Morgan fingerprint density at radius 2 is 1.58 bits per heavy atom. The van der Waals surface area contributed by atoms with Crippen molar-refractivity contribution < 1.29 is 31.1 Å². The Balaban J connectivity index is 0.00000625. The second-order valence-electron chi connectivity index (χ2n) is 8.70. The number of carbonyl (C=O) groups is 1. The third kappa shape index (κ3) is 8.40. The van der Waals surface area contributed by atoms with E-state index in [4.69, 9.17) is 4.74 Å². The van der Waals surface area contributed by atoms with Gasteiger partial charge in [0.15, 0.2) is 5.78 Å². The molecule has 1 aromatic rings. The van der Waals surface area contributed by atoms with Crippen LogP contribution in [0, 0.1) is 5.41 Å². The number of benzene rings is 1. The Morgan fingerprint density at radius 3 is 2.04 bits per heavy atom. The molecule has 0 amide bonds. The molecule has 1 aromatic carbocycles. The van der Waals surface area contributed by atoms with Crippen molar-refractivity contribution in [1.29, 1.82) is 0 Å². The monoisotopic (exact) mass is 403 g/mol. The summed E-state index contributed by atoms with van der Waals surface area (Å²) in [6, 6.07) is 8.24. The summed E-state index contributed by atoms with van der Waals surface area (Å²) >= 11 is 0. The minimum absolute atomic E-state index is 0. The molecule has 0 bridgehead atoms. The molecule has 26 heavy (non-hydrogen) atoms. The first-order chi connectivity index (χ1) is 11.4. The molecule has 148 valence electrons. The van der Waals surface area contributed by atoms with Gasteiger partial charge >= 0.3 is 16.5 Å². The predicted octanol–water partition coefficient (Wildman–Crippen LogP) is 4.78. The quantitative estimate of drug-likeness (QED) is 0.271. The van der Waals surface area contributed by atoms with E-state index in [1.165, 1.54) is 12.5 Å². The number of hydrogen-bond acceptors (Lipinski definition) is 3. The number of Topliss-reactive ketones (excluding diaryl/α,β-unsaturated/α-hetero) is 1. The fourth-order valence-corrected chi connectivity index (χ4v) is 3.24. The van der Waals surface area contributed by atoms with E-state index in [0.717, 1.165) is 12.2 Å². The van der Waals surface area contributed by atoms with Crippen molar-refractivity contribution in [2.45, 2.75) is 73.1 Å². The zero-order chi connectivity index (χ0) is 19.3. The summed E-state index contributed by atoms with van der Waals surface area (Å²) in [5.74, 6) is 0.574. The minimum Gasteiger partial charge on any atom is -0.875 e. The van der Waals surface area contributed by atoms with Gasteiger partial charge in [0.05, 0.1) is 6.61 Å². The van der Waals surface area contributed by atoms with E-state index in [1.54, 1.807) is 6.92 Å². The van der Waals surface area contributed by atoms with Gasteiger partial charge in [-0.1, -0.05) is 46.8 Å². The molecule has 0 heterocycles. The third-order valence-electron chi connectivity index (χ3n) is 4.37. The standard InChI is InChI=1S/C22H34O3.Ni/c1-16(17(2)23)20(24)9-8-14-25-19-12-10-18(11-13-19)22(6,7)15-21(3,4)5;/h10-13,24H,8-9,14-15H2,1-7H3;/q;+2/p-1/b20-16-;. The van der Waals surface area contributed by atoms with Gasteiger partial charge in [-0.15, -0.1) is 5.76 Å². The normalized spacial score (nSPS) is 12.9. The van der Waals surface area contributed by atoms with Crippen LogP contribution in [0.1, 0.15) is 73.3 Å². The van der Waals surface area contributed by atoms with E-state index < -0.39 is 0 Å². The maximum atomic E-state index is 11.8. The molecular weight excluding hydrogens is 371 g/mol. The molecule has 1 rings (SSSR count). The number of ketones is 1. The molecule has 0 saturated heterocycles. The fraction of sp³-hybridized carbons (Fsp3) is 0.591. The Kier molecular flexibility index (Phi) is 9.66. The van der Waals surface area contributed by atoms with Crippen LogP contribution < -0.4 is 9.84 Å². The molecule has 0 N–H and O–H groups in total. The molecule has 4 heteroatoms. The van der Waals surface area contributed by atoms with Crippen LogP contribution in [0.4, 0.5) is 0 Å². The maximum absolute atomic E-state index is 11.8. The van der Waals surface area contributed by atoms with E-state index in [0.29, 0.717) is 25.0 Å². The molecule has 0 saturated carbocycles. The molecule has 0 aliphatic heterocycles. The van der Waals surface area contributed by atoms with Gasteiger partial charge in [-0.25, -0.2) is 0 Å². The fourth-order valence-electron chi connectivity index (χ4n) is 3.24. The number of allylic oxidation sites excluding steroid dienone is 2. The molecule has 0 radical (unpaired) electrons. The van der Waals surface area contributed by atoms with Crippen molar-refractivity contribution in [1.82, 2.24) is 0 Å². The predicted molar refractivity (Wildman–Crippen MR) is 102 cm³/mol. The first-order valence-corrected chi connectivity index (χ1v) is 9.03. The zero-order valence-corrected chi connectivity index (χ0v) is 18.2. The first-order valence-electron chi connectivity index (χ1n) is 9.03. The van der Waals surface area contributed by atoms with Gasteiger partial charge < -0.3 is 9.84 Å². The second kappa shape index (κ2) is 10.2. The van der Waals surface area contributed by atoms with Crippen LogP contribution in [0.15, 0.2) is 35.6 Å². The molecule has 0 atom stereocenters. The summed E-state index contributed by atoms with van der Waals surface area (Å²) in [5, 5.41) is 11.8. The Labute approximate surface area is 169 Å². The molecule has 0 unspecified atom stereocenters. The molecule has 3 nitrogen and oxygen atoms in total. The number of ether oxygens (including phenoxy) is 1. The summed E-state index contributed by atoms with van der Waals surface area (Å²) < 4.78 is 5.72. The van der Waals surface area contributed by atoms with E-state index >= 15 is 0 Å². The van der Waals surface area contributed by atoms with Crippen LogP contribution in [0.2, 0.25) is 0 Å². The maximum Gasteiger partial charge on any atom is 2.00 e. The van der Waals surface area contributed by atoms with Crippen LogP contribution in [0.25, 0.3) is 0 Å². The van der Waals surface area contributed by atoms with Gasteiger partial charge in [-0.2, -0.15) is 0 Å². The van der Waals surface area contributed by atoms with Crippen LogP contribution >= 0.6 is 0 Å². The molecule has 0 fully saturated rings. The number of rotatable bonds is 8. The van der Waals surface area contributed by atoms with E-state index in [9.17, 15) is 9.90 Å². The number of hydrogen-bond donors (Lipinski definition) is 0. The second-order valence-corrected chi connectivity index (χ2v) is 8.70. The van der Waals surface area contributed by atoms with Crippen LogP contribution in [0.3, 0.4) is 0 Å². The van der Waals surface area contributed by atoms with Crippen LogP contribution in [-0.4, -0.2) is 12.4 Å². The Hall–Kier alpha value is -1.28. The van der Waals surface area contributed by atoms with E-state index in [-0.39, 0.29) is 38.9 Å². The van der Waals surface area contributed by atoms with Gasteiger partial charge in [0.25, 0.3) is 0 Å². The Bertz CT molecular complexity index is 607. The van der Waals surface area contributed by atoms with Gasteiger partial charge in [0.1, 0.15) is 5.75 Å². The van der Waals surface area contributed by atoms with Crippen molar-refractivity contribution in [3.63, 3.8) is 0 Å². The SMILES string of the molecule is CC(=O)/C(C)=C(\[O-])CCCOc1ccc(C(C)(C)CC(C)(C)C)cc1.[Ni+2]. The summed E-state index contributed by atoms with van der Waals surface area (Å²) in [6.07, 6.45) is 2.07. The number of carbonyl (C=O) groups excluding carboxylic acids is 1. The smallest absolute Gasteiger partial charge is 0.875 e. The molecule has 0 aromatic heterocycles. The first kappa shape index (κ1) is 24.7. The average Bonchev–Trinajstić information content (AvgIpc) is 2.48. The van der Waals surface area contributed by atoms with Crippen LogP contribution in [-0.2, 0) is 26.7 Å². The summed E-state index contributed by atoms with van der Waals surface area (Å²) in [6.45, 7) is 14.8. The topological polar surface area (TPSA) is 49.4 Å². The summed E-state index contributed by atoms with van der Waals surface area (Å²) in [4.78, 5) is 11.1. The molecule has 0 aliphatic rings. The minimum atomic E-state index is -0.153. The summed E-state index contributed by atoms with van der Waals surface area (Å²) in [7, 11) is 0. The molecular formula is C22H33NiO3+. The van der Waals surface area contributed by atoms with E-state index in [2.05, 4.69) is 46.8 Å². The van der Waals surface area contributed by atoms with Crippen molar-refractivity contribution >= 4 is 5.78 Å². The Morgan fingerprint density at radius 1 is 1.04 bits per heavy atom. The molecule has 0 aliphatic carbocycles. The third-order valence-corrected chi connectivity index (χ3v) is 4.37. The largest absolute Gasteiger partial charge is 2.00 e. The van der Waals surface area contributed by atoms with Gasteiger partial charge in [0, 0.05) is 0 Å². The van der Waals surface area contributed by atoms with Gasteiger partial charge in [0.2, 0.25) is 0 Å². The zero-order valence-electron chi connectivity index (χ0n) is 17.2. The van der Waals surface area contributed by atoms with Crippen molar-refractivity contribution in [2.24, 2.45) is 5.41 Å². The van der Waals surface area contributed by atoms with Gasteiger partial charge in [-0.3, -0.25) is 4.79 Å². The van der Waals surface area contributed by atoms with Crippen molar-refractivity contribution in [3.8, 4) is 5.75 Å². The van der Waals surface area contributed by atoms with Crippen molar-refractivity contribution in [3.05, 3.63) is 41.2 Å². The van der Waals surface area contributed by atoms with Crippen molar-refractivity contribution in [2.75, 3.05) is 6.61 Å². The van der Waals surface area contributed by atoms with E-state index in [1.807, 2.05) is 12.1 Å². The molecule has 0 spiro atoms. The average molecular weight is 404 g/mol. The van der Waals surface area contributed by atoms with Gasteiger partial charge in [-0.05, 0) is 67.2 Å². The summed E-state index contributed by atoms with van der Waals surface area (Å²) in [5.41, 5.74) is 2.02. The van der Waals surface area contributed by atoms with Crippen LogP contribution in [0.5, 0.6) is 5.75 Å².